The molecule has 0 aliphatic heterocycles. The molecule has 1 aromatic carbocycles. The number of hydrogen-bond acceptors (Lipinski definition) is 3. The highest BCUT2D eigenvalue weighted by Gasteiger charge is 2.03. The van der Waals surface area contributed by atoms with E-state index in [9.17, 15) is 4.79 Å². The molecule has 0 aromatic heterocycles. The molecule has 94 valence electrons. The first kappa shape index (κ1) is 13.5. The van der Waals surface area contributed by atoms with Crippen molar-refractivity contribution in [2.75, 3.05) is 13.7 Å². The van der Waals surface area contributed by atoms with Crippen LogP contribution in [0.5, 0.6) is 5.75 Å². The molecule has 0 saturated carbocycles. The second-order valence-corrected chi connectivity index (χ2v) is 3.98. The van der Waals surface area contributed by atoms with Crippen LogP contribution in [-0.4, -0.2) is 25.6 Å². The maximum absolute atomic E-state index is 11.0. The van der Waals surface area contributed by atoms with Crippen LogP contribution in [0.3, 0.4) is 0 Å². The summed E-state index contributed by atoms with van der Waals surface area (Å²) in [7, 11) is 1.58. The average Bonchev–Trinajstić information content (AvgIpc) is 2.37. The van der Waals surface area contributed by atoms with Crippen LogP contribution >= 0.6 is 0 Å². The number of likely N-dealkylation sites (N-methyl/N-ethyl adjacent to an activating group) is 1. The van der Waals surface area contributed by atoms with Gasteiger partial charge in [0.15, 0.2) is 6.61 Å². The van der Waals surface area contributed by atoms with Crippen LogP contribution in [0.1, 0.15) is 18.9 Å². The zero-order chi connectivity index (χ0) is 12.7. The summed E-state index contributed by atoms with van der Waals surface area (Å²) in [5.41, 5.74) is 7.06. The third-order valence-corrected chi connectivity index (χ3v) is 2.59. The lowest BCUT2D eigenvalue weighted by atomic mass is 10.0. The minimum atomic E-state index is -0.137. The van der Waals surface area contributed by atoms with Gasteiger partial charge in [-0.25, -0.2) is 0 Å². The highest BCUT2D eigenvalue weighted by Crippen LogP contribution is 2.13. The maximum Gasteiger partial charge on any atom is 0.257 e. The monoisotopic (exact) mass is 236 g/mol. The van der Waals surface area contributed by atoms with Crippen molar-refractivity contribution in [2.24, 2.45) is 5.73 Å². The lowest BCUT2D eigenvalue weighted by Gasteiger charge is -2.09. The Morgan fingerprint density at radius 2 is 2.06 bits per heavy atom. The van der Waals surface area contributed by atoms with Crippen molar-refractivity contribution in [3.63, 3.8) is 0 Å². The zero-order valence-corrected chi connectivity index (χ0v) is 10.4. The molecule has 0 aliphatic carbocycles. The van der Waals surface area contributed by atoms with Gasteiger partial charge in [-0.2, -0.15) is 0 Å². The van der Waals surface area contributed by atoms with E-state index in [0.717, 1.165) is 12.8 Å². The quantitative estimate of drug-likeness (QED) is 0.777. The molecule has 1 amide bonds. The predicted molar refractivity (Wildman–Crippen MR) is 68.0 cm³/mol. The summed E-state index contributed by atoms with van der Waals surface area (Å²) in [6, 6.07) is 7.89. The standard InChI is InChI=1S/C13H20N2O2/c1-3-11(14)8-10-4-6-12(7-5-10)17-9-13(16)15-2/h4-7,11H,3,8-9,14H2,1-2H3,(H,15,16). The van der Waals surface area contributed by atoms with Gasteiger partial charge in [-0.3, -0.25) is 4.79 Å². The van der Waals surface area contributed by atoms with Crippen molar-refractivity contribution in [1.82, 2.24) is 5.32 Å². The molecule has 4 heteroatoms. The van der Waals surface area contributed by atoms with E-state index in [-0.39, 0.29) is 18.6 Å². The molecule has 0 heterocycles. The van der Waals surface area contributed by atoms with Crippen molar-refractivity contribution < 1.29 is 9.53 Å². The highest BCUT2D eigenvalue weighted by atomic mass is 16.5. The lowest BCUT2D eigenvalue weighted by molar-refractivity contribution is -0.122. The molecular weight excluding hydrogens is 216 g/mol. The summed E-state index contributed by atoms with van der Waals surface area (Å²) >= 11 is 0. The van der Waals surface area contributed by atoms with E-state index in [1.807, 2.05) is 24.3 Å². The van der Waals surface area contributed by atoms with E-state index in [1.165, 1.54) is 5.56 Å². The van der Waals surface area contributed by atoms with E-state index >= 15 is 0 Å². The molecule has 1 rings (SSSR count). The van der Waals surface area contributed by atoms with Crippen LogP contribution in [-0.2, 0) is 11.2 Å². The SMILES string of the molecule is CCC(N)Cc1ccc(OCC(=O)NC)cc1. The highest BCUT2D eigenvalue weighted by molar-refractivity contribution is 5.77. The number of hydrogen-bond donors (Lipinski definition) is 2. The molecule has 4 nitrogen and oxygen atoms in total. The third kappa shape index (κ3) is 4.87. The minimum absolute atomic E-state index is 0.0460. The van der Waals surface area contributed by atoms with Crippen LogP contribution < -0.4 is 15.8 Å². The van der Waals surface area contributed by atoms with Crippen LogP contribution in [0.2, 0.25) is 0 Å². The summed E-state index contributed by atoms with van der Waals surface area (Å²) in [6.07, 6.45) is 1.83. The lowest BCUT2D eigenvalue weighted by Crippen LogP contribution is -2.24. The van der Waals surface area contributed by atoms with E-state index in [2.05, 4.69) is 12.2 Å². The Balaban J connectivity index is 2.47. The molecule has 1 aromatic rings. The summed E-state index contributed by atoms with van der Waals surface area (Å²) in [5.74, 6) is 0.560. The van der Waals surface area contributed by atoms with Crippen molar-refractivity contribution in [1.29, 1.82) is 0 Å². The Kier molecular flexibility index (Phi) is 5.49. The fourth-order valence-electron chi connectivity index (χ4n) is 1.39. The molecule has 1 unspecified atom stereocenters. The topological polar surface area (TPSA) is 64.3 Å². The molecule has 1 atom stereocenters. The zero-order valence-electron chi connectivity index (χ0n) is 10.4. The Hall–Kier alpha value is -1.55. The normalized spacial score (nSPS) is 11.9. The van der Waals surface area contributed by atoms with Gasteiger partial charge in [0.25, 0.3) is 5.91 Å². The number of carbonyl (C=O) groups is 1. The molecule has 3 N–H and O–H groups in total. The largest absolute Gasteiger partial charge is 0.484 e. The van der Waals surface area contributed by atoms with Gasteiger partial charge >= 0.3 is 0 Å². The van der Waals surface area contributed by atoms with Crippen molar-refractivity contribution in [2.45, 2.75) is 25.8 Å². The predicted octanol–water partition coefficient (Wildman–Crippen LogP) is 1.09. The number of rotatable bonds is 6. The second-order valence-electron chi connectivity index (χ2n) is 3.98. The third-order valence-electron chi connectivity index (χ3n) is 2.59. The van der Waals surface area contributed by atoms with Crippen molar-refractivity contribution >= 4 is 5.91 Å². The molecular formula is C13H20N2O2. The number of amides is 1. The summed E-state index contributed by atoms with van der Waals surface area (Å²) in [6.45, 7) is 2.12. The van der Waals surface area contributed by atoms with Crippen LogP contribution in [0.4, 0.5) is 0 Å². The van der Waals surface area contributed by atoms with Gasteiger partial charge in [0.2, 0.25) is 0 Å². The van der Waals surface area contributed by atoms with Gasteiger partial charge in [0, 0.05) is 13.1 Å². The maximum atomic E-state index is 11.0. The molecule has 0 saturated heterocycles. The number of ether oxygens (including phenoxy) is 1. The van der Waals surface area contributed by atoms with Crippen molar-refractivity contribution in [3.8, 4) is 5.75 Å². The average molecular weight is 236 g/mol. The van der Waals surface area contributed by atoms with Crippen LogP contribution in [0.15, 0.2) is 24.3 Å². The number of benzene rings is 1. The van der Waals surface area contributed by atoms with Gasteiger partial charge in [0.1, 0.15) is 5.75 Å². The molecule has 17 heavy (non-hydrogen) atoms. The first-order valence-corrected chi connectivity index (χ1v) is 5.83. The van der Waals surface area contributed by atoms with E-state index < -0.39 is 0 Å². The molecule has 0 fully saturated rings. The minimum Gasteiger partial charge on any atom is -0.484 e. The van der Waals surface area contributed by atoms with E-state index in [1.54, 1.807) is 7.05 Å². The summed E-state index contributed by atoms with van der Waals surface area (Å²) in [4.78, 5) is 11.0. The number of carbonyl (C=O) groups excluding carboxylic acids is 1. The van der Waals surface area contributed by atoms with E-state index in [4.69, 9.17) is 10.5 Å². The molecule has 0 spiro atoms. The van der Waals surface area contributed by atoms with Gasteiger partial charge in [-0.05, 0) is 30.5 Å². The second kappa shape index (κ2) is 6.91. The Morgan fingerprint density at radius 3 is 2.59 bits per heavy atom. The number of nitrogens with one attached hydrogen (secondary N) is 1. The van der Waals surface area contributed by atoms with Gasteiger partial charge in [-0.1, -0.05) is 19.1 Å². The smallest absolute Gasteiger partial charge is 0.257 e. The van der Waals surface area contributed by atoms with Gasteiger partial charge in [0.05, 0.1) is 0 Å². The molecule has 0 radical (unpaired) electrons. The van der Waals surface area contributed by atoms with Crippen LogP contribution in [0, 0.1) is 0 Å². The van der Waals surface area contributed by atoms with E-state index in [0.29, 0.717) is 5.75 Å². The Bertz CT molecular complexity index is 349. The van der Waals surface area contributed by atoms with Crippen molar-refractivity contribution in [3.05, 3.63) is 29.8 Å². The fourth-order valence-corrected chi connectivity index (χ4v) is 1.39. The fraction of sp³-hybridized carbons (Fsp3) is 0.462. The Labute approximate surface area is 102 Å². The first-order chi connectivity index (χ1) is 8.15. The molecule has 0 aliphatic rings. The number of nitrogens with two attached hydrogens (primary N) is 1. The first-order valence-electron chi connectivity index (χ1n) is 5.83. The van der Waals surface area contributed by atoms with Crippen LogP contribution in [0.25, 0.3) is 0 Å². The summed E-state index contributed by atoms with van der Waals surface area (Å²) < 4.78 is 5.30. The summed E-state index contributed by atoms with van der Waals surface area (Å²) in [5, 5.41) is 2.50. The Morgan fingerprint density at radius 1 is 1.41 bits per heavy atom. The van der Waals surface area contributed by atoms with Gasteiger partial charge in [-0.15, -0.1) is 0 Å². The van der Waals surface area contributed by atoms with Gasteiger partial charge < -0.3 is 15.8 Å². The molecule has 0 bridgehead atoms.